The Balaban J connectivity index is 1.67. The Morgan fingerprint density at radius 3 is 2.65 bits per heavy atom. The van der Waals surface area contributed by atoms with E-state index in [0.29, 0.717) is 26.3 Å². The quantitative estimate of drug-likeness (QED) is 0.177. The normalized spacial score (nSPS) is 15.0. The van der Waals surface area contributed by atoms with Crippen LogP contribution < -0.4 is 19.6 Å². The number of hydrogen-bond acceptors (Lipinski definition) is 9. The minimum absolute atomic E-state index is 0.122. The molecule has 1 aliphatic heterocycles. The molecule has 0 amide bonds. The molecule has 1 atom stereocenters. The summed E-state index contributed by atoms with van der Waals surface area (Å²) < 4.78 is 18.4. The number of rotatable bonds is 7. The summed E-state index contributed by atoms with van der Waals surface area (Å²) in [6, 6.07) is 13.4. The summed E-state index contributed by atoms with van der Waals surface area (Å²) in [6.45, 7) is 3.47. The molecule has 0 N–H and O–H groups in total. The van der Waals surface area contributed by atoms with Gasteiger partial charge in [-0.3, -0.25) is 19.5 Å². The van der Waals surface area contributed by atoms with Crippen LogP contribution >= 0.6 is 22.9 Å². The highest BCUT2D eigenvalue weighted by molar-refractivity contribution is 7.07. The van der Waals surface area contributed by atoms with E-state index in [1.54, 1.807) is 51.3 Å². The number of methoxy groups -OCH3 is 1. The van der Waals surface area contributed by atoms with E-state index in [0.717, 1.165) is 5.56 Å². The van der Waals surface area contributed by atoms with Crippen LogP contribution in [-0.2, 0) is 9.53 Å². The van der Waals surface area contributed by atoms with Gasteiger partial charge < -0.3 is 13.9 Å². The molecular weight excluding hydrogens is 558 g/mol. The highest BCUT2D eigenvalue weighted by atomic mass is 35.5. The predicted molar refractivity (Wildman–Crippen MR) is 149 cm³/mol. The number of nitrogens with zero attached hydrogens (tertiary/aromatic N) is 3. The number of nitro groups is 1. The smallest absolute Gasteiger partial charge is 0.338 e. The Morgan fingerprint density at radius 1 is 1.23 bits per heavy atom. The average Bonchev–Trinajstić information content (AvgIpc) is 3.53. The molecule has 0 bridgehead atoms. The van der Waals surface area contributed by atoms with Crippen molar-refractivity contribution in [3.8, 4) is 17.1 Å². The van der Waals surface area contributed by atoms with E-state index in [-0.39, 0.29) is 40.0 Å². The van der Waals surface area contributed by atoms with Crippen molar-refractivity contribution < 1.29 is 23.6 Å². The van der Waals surface area contributed by atoms with Gasteiger partial charge in [-0.15, -0.1) is 0 Å². The van der Waals surface area contributed by atoms with Crippen LogP contribution in [0.1, 0.15) is 31.2 Å². The van der Waals surface area contributed by atoms with Crippen molar-refractivity contribution in [1.29, 1.82) is 0 Å². The molecule has 2 aromatic heterocycles. The number of carbonyl (C=O) groups excluding carboxylic acids is 1. The molecule has 204 valence electrons. The zero-order valence-electron chi connectivity index (χ0n) is 21.5. The first-order valence-corrected chi connectivity index (χ1v) is 13.3. The van der Waals surface area contributed by atoms with Gasteiger partial charge in [0.2, 0.25) is 0 Å². The summed E-state index contributed by atoms with van der Waals surface area (Å²) in [7, 11) is 1.57. The Labute approximate surface area is 236 Å². The van der Waals surface area contributed by atoms with Crippen molar-refractivity contribution in [3.05, 3.63) is 112 Å². The first-order chi connectivity index (χ1) is 19.2. The third-order valence-corrected chi connectivity index (χ3v) is 7.57. The second kappa shape index (κ2) is 10.9. The first kappa shape index (κ1) is 27.1. The predicted octanol–water partition coefficient (Wildman–Crippen LogP) is 4.63. The van der Waals surface area contributed by atoms with Crippen LogP contribution in [0.4, 0.5) is 5.69 Å². The SMILES string of the molecule is CCOC(=O)C1=C(C)N=c2s/c(=C\c3ccc(OC)cc3)c(=O)n2[C@@H]1c1ccc(-c2cc([N+](=O)[O-])ccc2Cl)o1. The second-order valence-corrected chi connectivity index (χ2v) is 10.1. The number of ether oxygens (including phenoxy) is 2. The summed E-state index contributed by atoms with van der Waals surface area (Å²) in [5, 5.41) is 11.6. The van der Waals surface area contributed by atoms with Crippen LogP contribution in [0.15, 0.2) is 80.1 Å². The number of allylic oxidation sites excluding steroid dienone is 1. The average molecular weight is 580 g/mol. The van der Waals surface area contributed by atoms with Crippen molar-refractivity contribution in [3.63, 3.8) is 0 Å². The zero-order valence-corrected chi connectivity index (χ0v) is 23.1. The third kappa shape index (κ3) is 4.96. The Bertz CT molecular complexity index is 1850. The van der Waals surface area contributed by atoms with Gasteiger partial charge in [-0.25, -0.2) is 9.79 Å². The lowest BCUT2D eigenvalue weighted by Gasteiger charge is -2.22. The van der Waals surface area contributed by atoms with E-state index in [9.17, 15) is 19.7 Å². The summed E-state index contributed by atoms with van der Waals surface area (Å²) in [6.07, 6.45) is 1.74. The van der Waals surface area contributed by atoms with Crippen LogP contribution in [0.25, 0.3) is 17.4 Å². The second-order valence-electron chi connectivity index (χ2n) is 8.70. The van der Waals surface area contributed by atoms with Crippen molar-refractivity contribution in [1.82, 2.24) is 4.57 Å². The summed E-state index contributed by atoms with van der Waals surface area (Å²) in [5.41, 5.74) is 1.08. The van der Waals surface area contributed by atoms with Gasteiger partial charge in [0.05, 0.1) is 39.5 Å². The van der Waals surface area contributed by atoms with Crippen LogP contribution in [0.5, 0.6) is 5.75 Å². The maximum atomic E-state index is 13.8. The molecule has 0 aliphatic carbocycles. The van der Waals surface area contributed by atoms with E-state index in [2.05, 4.69) is 4.99 Å². The fraction of sp³-hybridized carbons (Fsp3) is 0.179. The number of esters is 1. The lowest BCUT2D eigenvalue weighted by molar-refractivity contribution is -0.384. The molecule has 3 heterocycles. The maximum absolute atomic E-state index is 13.8. The highest BCUT2D eigenvalue weighted by Crippen LogP contribution is 2.37. The fourth-order valence-corrected chi connectivity index (χ4v) is 5.63. The molecule has 0 radical (unpaired) electrons. The Morgan fingerprint density at radius 2 is 1.98 bits per heavy atom. The van der Waals surface area contributed by atoms with Gasteiger partial charge in [0.15, 0.2) is 4.80 Å². The number of carbonyl (C=O) groups is 1. The zero-order chi connectivity index (χ0) is 28.6. The van der Waals surface area contributed by atoms with Gasteiger partial charge in [0, 0.05) is 17.7 Å². The maximum Gasteiger partial charge on any atom is 0.338 e. The lowest BCUT2D eigenvalue weighted by atomic mass is 10.0. The molecule has 40 heavy (non-hydrogen) atoms. The van der Waals surface area contributed by atoms with Gasteiger partial charge in [0.1, 0.15) is 23.3 Å². The minimum Gasteiger partial charge on any atom is -0.497 e. The molecule has 0 unspecified atom stereocenters. The van der Waals surface area contributed by atoms with Gasteiger partial charge in [0.25, 0.3) is 11.2 Å². The van der Waals surface area contributed by atoms with Gasteiger partial charge >= 0.3 is 5.97 Å². The van der Waals surface area contributed by atoms with Crippen molar-refractivity contribution in [2.75, 3.05) is 13.7 Å². The molecule has 5 rings (SSSR count). The largest absolute Gasteiger partial charge is 0.497 e. The third-order valence-electron chi connectivity index (χ3n) is 6.25. The van der Waals surface area contributed by atoms with Crippen molar-refractivity contribution in [2.24, 2.45) is 4.99 Å². The monoisotopic (exact) mass is 579 g/mol. The molecular formula is C28H22ClN3O7S. The van der Waals surface area contributed by atoms with E-state index < -0.39 is 16.9 Å². The van der Waals surface area contributed by atoms with Crippen LogP contribution in [0.2, 0.25) is 5.02 Å². The van der Waals surface area contributed by atoms with Gasteiger partial charge in [-0.05, 0) is 55.8 Å². The van der Waals surface area contributed by atoms with E-state index in [4.69, 9.17) is 25.5 Å². The number of nitro benzene ring substituents is 1. The van der Waals surface area contributed by atoms with Crippen molar-refractivity contribution >= 4 is 40.7 Å². The first-order valence-electron chi connectivity index (χ1n) is 12.1. The molecule has 0 saturated heterocycles. The molecule has 0 spiro atoms. The molecule has 10 nitrogen and oxygen atoms in total. The minimum atomic E-state index is -0.987. The molecule has 1 aliphatic rings. The van der Waals surface area contributed by atoms with E-state index in [1.165, 1.54) is 34.1 Å². The summed E-state index contributed by atoms with van der Waals surface area (Å²) in [5.74, 6) is 0.532. The summed E-state index contributed by atoms with van der Waals surface area (Å²) >= 11 is 7.51. The number of thiazole rings is 1. The lowest BCUT2D eigenvalue weighted by Crippen LogP contribution is -2.39. The van der Waals surface area contributed by atoms with E-state index >= 15 is 0 Å². The molecule has 0 saturated carbocycles. The number of aromatic nitrogens is 1. The molecule has 0 fully saturated rings. The number of furan rings is 1. The van der Waals surface area contributed by atoms with Gasteiger partial charge in [-0.1, -0.05) is 35.1 Å². The van der Waals surface area contributed by atoms with Crippen LogP contribution in [0.3, 0.4) is 0 Å². The van der Waals surface area contributed by atoms with E-state index in [1.807, 2.05) is 12.1 Å². The number of benzene rings is 2. The fourth-order valence-electron chi connectivity index (χ4n) is 4.37. The number of fused-ring (bicyclic) bond motifs is 1. The highest BCUT2D eigenvalue weighted by Gasteiger charge is 2.35. The number of halogens is 1. The van der Waals surface area contributed by atoms with Crippen molar-refractivity contribution in [2.45, 2.75) is 19.9 Å². The number of hydrogen-bond donors (Lipinski definition) is 0. The molecule has 2 aromatic carbocycles. The van der Waals surface area contributed by atoms with Gasteiger partial charge in [-0.2, -0.15) is 0 Å². The van der Waals surface area contributed by atoms with Crippen LogP contribution in [-0.4, -0.2) is 29.2 Å². The Kier molecular flexibility index (Phi) is 7.42. The Hall–Kier alpha value is -4.48. The standard InChI is InChI=1S/C28H22ClN3O7S/c1-4-38-27(34)24-15(2)30-28-31(26(33)23(40-28)13-16-5-8-18(37-3)9-6-16)25(24)22-12-11-21(39-22)19-14-17(32(35)36)7-10-20(19)29/h5-14,25H,4H2,1-3H3/b23-13-/t25-/m1/s1. The molecule has 4 aromatic rings. The van der Waals surface area contributed by atoms with Crippen LogP contribution in [0, 0.1) is 10.1 Å². The number of non-ortho nitro benzene ring substituents is 1. The molecule has 12 heteroatoms. The topological polar surface area (TPSA) is 126 Å². The summed E-state index contributed by atoms with van der Waals surface area (Å²) in [4.78, 5) is 42.6.